The lowest BCUT2D eigenvalue weighted by Gasteiger charge is -2.09. The average Bonchev–Trinajstić information content (AvgIpc) is 3.27. The first-order valence-electron chi connectivity index (χ1n) is 10.1. The summed E-state index contributed by atoms with van der Waals surface area (Å²) in [5, 5.41) is 13.4. The van der Waals surface area contributed by atoms with E-state index in [1.165, 1.54) is 34.4 Å². The Balaban J connectivity index is 1.49. The highest BCUT2D eigenvalue weighted by Crippen LogP contribution is 2.32. The number of para-hydroxylation sites is 1. The van der Waals surface area contributed by atoms with Crippen LogP contribution < -0.4 is 10.3 Å². The zero-order valence-electron chi connectivity index (χ0n) is 17.3. The van der Waals surface area contributed by atoms with Crippen molar-refractivity contribution in [1.29, 1.82) is 0 Å². The van der Waals surface area contributed by atoms with Crippen molar-refractivity contribution in [3.8, 4) is 22.6 Å². The molecule has 2 heterocycles. The van der Waals surface area contributed by atoms with Crippen LogP contribution >= 0.6 is 11.3 Å². The number of nitrogens with zero attached hydrogens (tertiary/aromatic N) is 3. The molecule has 0 saturated heterocycles. The number of thiophene rings is 1. The zero-order chi connectivity index (χ0) is 22.8. The van der Waals surface area contributed by atoms with E-state index >= 15 is 0 Å². The summed E-state index contributed by atoms with van der Waals surface area (Å²) in [6.45, 7) is 0.317. The highest BCUT2D eigenvalue weighted by atomic mass is 32.1. The summed E-state index contributed by atoms with van der Waals surface area (Å²) in [5.74, 6) is 1.41. The van der Waals surface area contributed by atoms with E-state index in [0.29, 0.717) is 33.6 Å². The molecule has 0 saturated carbocycles. The van der Waals surface area contributed by atoms with Crippen LogP contribution in [-0.4, -0.2) is 14.5 Å². The standard InChI is InChI=1S/C25H17N3O4S/c29-25-23-22(18-7-5-8-19(13-18)28(30)31)15-33-24(23)26-16-27(25)14-17-6-4-11-21(12-17)32-20-9-2-1-3-10-20/h1-13,15-16H,14H2. The van der Waals surface area contributed by atoms with E-state index in [2.05, 4.69) is 4.98 Å². The summed E-state index contributed by atoms with van der Waals surface area (Å²) in [7, 11) is 0. The lowest BCUT2D eigenvalue weighted by molar-refractivity contribution is -0.384. The van der Waals surface area contributed by atoms with Crippen LogP contribution in [0.3, 0.4) is 0 Å². The first-order chi connectivity index (χ1) is 16.1. The fraction of sp³-hybridized carbons (Fsp3) is 0.0400. The normalized spacial score (nSPS) is 10.9. The van der Waals surface area contributed by atoms with Crippen LogP contribution in [0.5, 0.6) is 11.5 Å². The van der Waals surface area contributed by atoms with Crippen molar-refractivity contribution >= 4 is 27.2 Å². The minimum atomic E-state index is -0.445. The molecule has 8 heteroatoms. The molecule has 5 aromatic rings. The number of hydrogen-bond donors (Lipinski definition) is 0. The lowest BCUT2D eigenvalue weighted by atomic mass is 10.1. The molecule has 0 fully saturated rings. The molecule has 5 rings (SSSR count). The Morgan fingerprint density at radius 1 is 0.970 bits per heavy atom. The second-order valence-corrected chi connectivity index (χ2v) is 8.24. The molecule has 0 aliphatic carbocycles. The van der Waals surface area contributed by atoms with Crippen molar-refractivity contribution < 1.29 is 9.66 Å². The Kier molecular flexibility index (Phi) is 5.42. The van der Waals surface area contributed by atoms with Gasteiger partial charge in [-0.2, -0.15) is 0 Å². The van der Waals surface area contributed by atoms with Crippen LogP contribution in [0, 0.1) is 10.1 Å². The monoisotopic (exact) mass is 455 g/mol. The van der Waals surface area contributed by atoms with Crippen LogP contribution in [0.25, 0.3) is 21.3 Å². The summed E-state index contributed by atoms with van der Waals surface area (Å²) >= 11 is 1.34. The van der Waals surface area contributed by atoms with E-state index in [4.69, 9.17) is 4.74 Å². The van der Waals surface area contributed by atoms with E-state index < -0.39 is 4.92 Å². The highest BCUT2D eigenvalue weighted by molar-refractivity contribution is 7.17. The number of nitro benzene ring substituents is 1. The maximum atomic E-state index is 13.3. The average molecular weight is 455 g/mol. The number of ether oxygens (including phenoxy) is 1. The minimum absolute atomic E-state index is 0.0219. The van der Waals surface area contributed by atoms with Crippen molar-refractivity contribution in [2.45, 2.75) is 6.54 Å². The summed E-state index contributed by atoms with van der Waals surface area (Å²) < 4.78 is 7.44. The Bertz CT molecular complexity index is 1530. The van der Waals surface area contributed by atoms with Gasteiger partial charge >= 0.3 is 0 Å². The van der Waals surface area contributed by atoms with Crippen LogP contribution in [-0.2, 0) is 6.54 Å². The molecule has 0 radical (unpaired) electrons. The smallest absolute Gasteiger partial charge is 0.270 e. The highest BCUT2D eigenvalue weighted by Gasteiger charge is 2.16. The van der Waals surface area contributed by atoms with Gasteiger partial charge in [0.25, 0.3) is 11.2 Å². The molecule has 0 bridgehead atoms. The number of benzene rings is 3. The van der Waals surface area contributed by atoms with Crippen LogP contribution in [0.1, 0.15) is 5.56 Å². The van der Waals surface area contributed by atoms with Gasteiger partial charge in [0.05, 0.1) is 23.2 Å². The summed E-state index contributed by atoms with van der Waals surface area (Å²) in [6.07, 6.45) is 1.53. The molecule has 0 unspecified atom stereocenters. The maximum absolute atomic E-state index is 13.3. The number of aromatic nitrogens is 2. The third-order valence-electron chi connectivity index (χ3n) is 5.16. The number of non-ortho nitro benzene ring substituents is 1. The van der Waals surface area contributed by atoms with Crippen molar-refractivity contribution in [2.75, 3.05) is 0 Å². The molecule has 2 aromatic heterocycles. The van der Waals surface area contributed by atoms with E-state index in [-0.39, 0.29) is 11.2 Å². The van der Waals surface area contributed by atoms with Gasteiger partial charge in [-0.25, -0.2) is 4.98 Å². The molecule has 162 valence electrons. The molecular weight excluding hydrogens is 438 g/mol. The quantitative estimate of drug-likeness (QED) is 0.236. The summed E-state index contributed by atoms with van der Waals surface area (Å²) in [5.41, 5.74) is 1.93. The minimum Gasteiger partial charge on any atom is -0.457 e. The Labute approximate surface area is 192 Å². The van der Waals surface area contributed by atoms with Crippen molar-refractivity contribution in [3.05, 3.63) is 117 Å². The predicted molar refractivity (Wildman–Crippen MR) is 128 cm³/mol. The predicted octanol–water partition coefficient (Wildman–Crippen LogP) is 5.87. The van der Waals surface area contributed by atoms with Crippen molar-refractivity contribution in [1.82, 2.24) is 9.55 Å². The first kappa shape index (κ1) is 20.6. The van der Waals surface area contributed by atoms with Crippen molar-refractivity contribution in [3.63, 3.8) is 0 Å². The van der Waals surface area contributed by atoms with E-state index in [1.807, 2.05) is 60.0 Å². The van der Waals surface area contributed by atoms with Gasteiger partial charge in [0.15, 0.2) is 0 Å². The number of rotatable bonds is 6. The fourth-order valence-electron chi connectivity index (χ4n) is 3.61. The molecule has 7 nitrogen and oxygen atoms in total. The molecule has 0 N–H and O–H groups in total. The van der Waals surface area contributed by atoms with E-state index in [0.717, 1.165) is 11.3 Å². The molecule has 0 aliphatic rings. The second-order valence-electron chi connectivity index (χ2n) is 7.38. The Morgan fingerprint density at radius 2 is 1.76 bits per heavy atom. The number of hydrogen-bond acceptors (Lipinski definition) is 6. The molecule has 0 aliphatic heterocycles. The zero-order valence-corrected chi connectivity index (χ0v) is 18.1. The third kappa shape index (κ3) is 4.24. The molecule has 3 aromatic carbocycles. The van der Waals surface area contributed by atoms with Gasteiger partial charge in [-0.1, -0.05) is 42.5 Å². The fourth-order valence-corrected chi connectivity index (χ4v) is 4.51. The van der Waals surface area contributed by atoms with Gasteiger partial charge in [-0.3, -0.25) is 19.5 Å². The lowest BCUT2D eigenvalue weighted by Crippen LogP contribution is -2.21. The SMILES string of the molecule is O=c1c2c(-c3cccc([N+](=O)[O-])c3)csc2ncn1Cc1cccc(Oc2ccccc2)c1. The van der Waals surface area contributed by atoms with Crippen molar-refractivity contribution in [2.24, 2.45) is 0 Å². The first-order valence-corrected chi connectivity index (χ1v) is 11.0. The maximum Gasteiger partial charge on any atom is 0.270 e. The molecule has 0 amide bonds. The van der Waals surface area contributed by atoms with Gasteiger partial charge in [-0.05, 0) is 35.4 Å². The van der Waals surface area contributed by atoms with E-state index in [9.17, 15) is 14.9 Å². The third-order valence-corrected chi connectivity index (χ3v) is 6.05. The van der Waals surface area contributed by atoms with Crippen LogP contribution in [0.15, 0.2) is 95.4 Å². The second kappa shape index (κ2) is 8.68. The van der Waals surface area contributed by atoms with Gasteiger partial charge in [0, 0.05) is 23.1 Å². The van der Waals surface area contributed by atoms with Gasteiger partial charge < -0.3 is 4.74 Å². The summed E-state index contributed by atoms with van der Waals surface area (Å²) in [6, 6.07) is 23.3. The Morgan fingerprint density at radius 3 is 2.58 bits per heavy atom. The van der Waals surface area contributed by atoms with Crippen LogP contribution in [0.2, 0.25) is 0 Å². The van der Waals surface area contributed by atoms with Gasteiger partial charge in [-0.15, -0.1) is 11.3 Å². The van der Waals surface area contributed by atoms with Gasteiger partial charge in [0.2, 0.25) is 0 Å². The number of nitro groups is 1. The van der Waals surface area contributed by atoms with Gasteiger partial charge in [0.1, 0.15) is 16.3 Å². The molecule has 33 heavy (non-hydrogen) atoms. The Hall–Kier alpha value is -4.30. The molecular formula is C25H17N3O4S. The number of fused-ring (bicyclic) bond motifs is 1. The molecule has 0 spiro atoms. The molecule has 0 atom stereocenters. The summed E-state index contributed by atoms with van der Waals surface area (Å²) in [4.78, 5) is 29.1. The largest absolute Gasteiger partial charge is 0.457 e. The topological polar surface area (TPSA) is 87.3 Å². The van der Waals surface area contributed by atoms with E-state index in [1.54, 1.807) is 12.1 Å². The van der Waals surface area contributed by atoms with Crippen LogP contribution in [0.4, 0.5) is 5.69 Å².